The molecule has 1 amide bonds. The van der Waals surface area contributed by atoms with Gasteiger partial charge in [-0.05, 0) is 36.8 Å². The Labute approximate surface area is 173 Å². The number of allylic oxidation sites excluding steroid dienone is 1. The van der Waals surface area contributed by atoms with Crippen LogP contribution in [0.3, 0.4) is 0 Å². The van der Waals surface area contributed by atoms with Crippen LogP contribution >= 0.6 is 11.3 Å². The minimum Gasteiger partial charge on any atom is -0.496 e. The highest BCUT2D eigenvalue weighted by Gasteiger charge is 2.36. The van der Waals surface area contributed by atoms with Crippen LogP contribution < -0.4 is 20.1 Å². The van der Waals surface area contributed by atoms with Gasteiger partial charge >= 0.3 is 0 Å². The fraction of sp³-hybridized carbons (Fsp3) is 0.429. The molecule has 0 aliphatic heterocycles. The van der Waals surface area contributed by atoms with Gasteiger partial charge in [-0.25, -0.2) is 0 Å². The second-order valence-corrected chi connectivity index (χ2v) is 8.42. The van der Waals surface area contributed by atoms with Gasteiger partial charge in [0.05, 0.1) is 19.1 Å². The van der Waals surface area contributed by atoms with Crippen LogP contribution in [0.15, 0.2) is 30.4 Å². The molecule has 1 saturated carbocycles. The minimum absolute atomic E-state index is 0.0281. The van der Waals surface area contributed by atoms with E-state index in [1.54, 1.807) is 18.2 Å². The van der Waals surface area contributed by atoms with E-state index < -0.39 is 0 Å². The molecule has 3 N–H and O–H groups in total. The number of carbonyl (C=O) groups excluding carboxylic acids is 1. The molecule has 0 spiro atoms. The van der Waals surface area contributed by atoms with Gasteiger partial charge < -0.3 is 25.2 Å². The van der Waals surface area contributed by atoms with Crippen molar-refractivity contribution in [1.82, 2.24) is 10.3 Å². The Morgan fingerprint density at radius 3 is 2.62 bits per heavy atom. The largest absolute Gasteiger partial charge is 0.496 e. The number of thiazole rings is 1. The number of amides is 1. The third-order valence-electron chi connectivity index (χ3n) is 5.56. The van der Waals surface area contributed by atoms with Crippen molar-refractivity contribution in [2.45, 2.75) is 25.3 Å². The molecule has 1 aromatic heterocycles. The number of methoxy groups -OCH3 is 2. The monoisotopic (exact) mass is 415 g/mol. The molecule has 2 aliphatic carbocycles. The number of carbonyl (C=O) groups is 1. The first-order valence-electron chi connectivity index (χ1n) is 9.71. The molecule has 0 saturated heterocycles. The SMILES string of the molecule is COc1cccc(OC)c1C(=O)NCCc1sc(NC2CC3C=CC2C3)nc1O. The van der Waals surface area contributed by atoms with Crippen LogP contribution in [-0.4, -0.2) is 42.8 Å². The number of hydrogen-bond donors (Lipinski definition) is 3. The molecule has 7 nitrogen and oxygen atoms in total. The highest BCUT2D eigenvalue weighted by molar-refractivity contribution is 7.15. The Kier molecular flexibility index (Phi) is 5.62. The van der Waals surface area contributed by atoms with Crippen molar-refractivity contribution in [3.8, 4) is 17.4 Å². The van der Waals surface area contributed by atoms with Gasteiger partial charge in [0.2, 0.25) is 5.88 Å². The number of fused-ring (bicyclic) bond motifs is 2. The van der Waals surface area contributed by atoms with E-state index in [0.717, 1.165) is 16.4 Å². The van der Waals surface area contributed by atoms with Gasteiger partial charge in [-0.15, -0.1) is 0 Å². The third-order valence-corrected chi connectivity index (χ3v) is 6.59. The zero-order valence-electron chi connectivity index (χ0n) is 16.5. The zero-order chi connectivity index (χ0) is 20.4. The highest BCUT2D eigenvalue weighted by Crippen LogP contribution is 2.41. The topological polar surface area (TPSA) is 92.7 Å². The van der Waals surface area contributed by atoms with Crippen LogP contribution in [0, 0.1) is 11.8 Å². The first-order valence-corrected chi connectivity index (χ1v) is 10.5. The van der Waals surface area contributed by atoms with E-state index in [9.17, 15) is 9.90 Å². The Hall–Kier alpha value is -2.74. The van der Waals surface area contributed by atoms with E-state index in [-0.39, 0.29) is 11.8 Å². The molecule has 2 aliphatic rings. The summed E-state index contributed by atoms with van der Waals surface area (Å²) in [4.78, 5) is 17.6. The fourth-order valence-electron chi connectivity index (χ4n) is 4.13. The van der Waals surface area contributed by atoms with Gasteiger partial charge in [-0.3, -0.25) is 4.79 Å². The van der Waals surface area contributed by atoms with Gasteiger partial charge in [-0.2, -0.15) is 4.98 Å². The number of nitrogens with zero attached hydrogens (tertiary/aromatic N) is 1. The molecule has 8 heteroatoms. The quantitative estimate of drug-likeness (QED) is 0.574. The van der Waals surface area contributed by atoms with Crippen molar-refractivity contribution in [1.29, 1.82) is 0 Å². The lowest BCUT2D eigenvalue weighted by molar-refractivity contribution is 0.0948. The summed E-state index contributed by atoms with van der Waals surface area (Å²) in [6, 6.07) is 5.59. The molecule has 1 fully saturated rings. The summed E-state index contributed by atoms with van der Waals surface area (Å²) in [6.07, 6.45) is 7.40. The maximum absolute atomic E-state index is 12.6. The van der Waals surface area contributed by atoms with E-state index in [1.807, 2.05) is 0 Å². The Balaban J connectivity index is 1.35. The number of aromatic hydroxyl groups is 1. The van der Waals surface area contributed by atoms with Gasteiger partial charge in [0.1, 0.15) is 17.1 Å². The van der Waals surface area contributed by atoms with Crippen LogP contribution in [0.2, 0.25) is 0 Å². The van der Waals surface area contributed by atoms with Gasteiger partial charge in [0.25, 0.3) is 5.91 Å². The number of nitrogens with one attached hydrogen (secondary N) is 2. The average molecular weight is 416 g/mol. The summed E-state index contributed by atoms with van der Waals surface area (Å²) >= 11 is 1.44. The number of rotatable bonds is 8. The summed E-state index contributed by atoms with van der Waals surface area (Å²) in [5.41, 5.74) is 0.359. The standard InChI is InChI=1S/C21H25N3O4S/c1-27-15-4-3-5-16(28-2)18(15)20(26)22-9-8-17-19(25)24-21(29-17)23-14-11-12-6-7-13(14)10-12/h3-7,12-14,25H,8-11H2,1-2H3,(H,22,26)(H,23,24). The van der Waals surface area contributed by atoms with E-state index in [0.29, 0.717) is 47.9 Å². The van der Waals surface area contributed by atoms with Crippen molar-refractivity contribution in [2.24, 2.45) is 11.8 Å². The van der Waals surface area contributed by atoms with Gasteiger partial charge in [0.15, 0.2) is 5.13 Å². The van der Waals surface area contributed by atoms with Crippen molar-refractivity contribution in [3.63, 3.8) is 0 Å². The second-order valence-electron chi connectivity index (χ2n) is 7.34. The number of hydrogen-bond acceptors (Lipinski definition) is 7. The van der Waals surface area contributed by atoms with Crippen molar-refractivity contribution < 1.29 is 19.4 Å². The molecule has 3 atom stereocenters. The molecule has 29 heavy (non-hydrogen) atoms. The number of benzene rings is 1. The van der Waals surface area contributed by atoms with E-state index >= 15 is 0 Å². The molecule has 2 bridgehead atoms. The first kappa shape index (κ1) is 19.6. The fourth-order valence-corrected chi connectivity index (χ4v) is 5.04. The maximum atomic E-state index is 12.6. The molecule has 1 heterocycles. The third kappa shape index (κ3) is 4.03. The normalized spacial score (nSPS) is 21.9. The zero-order valence-corrected chi connectivity index (χ0v) is 17.3. The van der Waals surface area contributed by atoms with Crippen LogP contribution in [-0.2, 0) is 6.42 Å². The van der Waals surface area contributed by atoms with Crippen LogP contribution in [0.1, 0.15) is 28.1 Å². The summed E-state index contributed by atoms with van der Waals surface area (Å²) in [5, 5.41) is 17.2. The second kappa shape index (κ2) is 8.32. The lowest BCUT2D eigenvalue weighted by Crippen LogP contribution is -2.26. The Morgan fingerprint density at radius 2 is 2.00 bits per heavy atom. The predicted octanol–water partition coefficient (Wildman–Crippen LogP) is 3.21. The molecular formula is C21H25N3O4S. The van der Waals surface area contributed by atoms with Gasteiger partial charge in [-0.1, -0.05) is 29.6 Å². The van der Waals surface area contributed by atoms with Gasteiger partial charge in [0, 0.05) is 19.0 Å². The van der Waals surface area contributed by atoms with E-state index in [4.69, 9.17) is 9.47 Å². The highest BCUT2D eigenvalue weighted by atomic mass is 32.1. The Bertz CT molecular complexity index is 904. The molecule has 1 aromatic carbocycles. The van der Waals surface area contributed by atoms with E-state index in [1.165, 1.54) is 32.0 Å². The van der Waals surface area contributed by atoms with Crippen molar-refractivity contribution >= 4 is 22.4 Å². The van der Waals surface area contributed by atoms with Crippen LogP contribution in [0.4, 0.5) is 5.13 Å². The minimum atomic E-state index is -0.282. The molecule has 3 unspecified atom stereocenters. The van der Waals surface area contributed by atoms with Crippen molar-refractivity contribution in [3.05, 3.63) is 40.8 Å². The number of aromatic nitrogens is 1. The summed E-state index contributed by atoms with van der Waals surface area (Å²) < 4.78 is 10.6. The van der Waals surface area contributed by atoms with Crippen LogP contribution in [0.25, 0.3) is 0 Å². The molecule has 154 valence electrons. The summed E-state index contributed by atoms with van der Waals surface area (Å²) in [7, 11) is 3.03. The Morgan fingerprint density at radius 1 is 1.24 bits per heavy atom. The lowest BCUT2D eigenvalue weighted by Gasteiger charge is -2.18. The van der Waals surface area contributed by atoms with Crippen molar-refractivity contribution in [2.75, 3.05) is 26.1 Å². The number of ether oxygens (including phenoxy) is 2. The number of anilines is 1. The lowest BCUT2D eigenvalue weighted by atomic mass is 10.0. The molecular weight excluding hydrogens is 390 g/mol. The predicted molar refractivity (Wildman–Crippen MR) is 112 cm³/mol. The molecule has 0 radical (unpaired) electrons. The molecule has 2 aromatic rings. The average Bonchev–Trinajstić information content (AvgIpc) is 3.43. The molecule has 4 rings (SSSR count). The van der Waals surface area contributed by atoms with Crippen LogP contribution in [0.5, 0.6) is 17.4 Å². The maximum Gasteiger partial charge on any atom is 0.258 e. The first-order chi connectivity index (χ1) is 14.1. The van der Waals surface area contributed by atoms with E-state index in [2.05, 4.69) is 27.8 Å². The smallest absolute Gasteiger partial charge is 0.258 e. The summed E-state index contributed by atoms with van der Waals surface area (Å²) in [6.45, 7) is 0.367. The summed E-state index contributed by atoms with van der Waals surface area (Å²) in [5.74, 6) is 1.89.